The van der Waals surface area contributed by atoms with E-state index in [2.05, 4.69) is 0 Å². The van der Waals surface area contributed by atoms with Crippen molar-refractivity contribution >= 4 is 22.2 Å². The Kier molecular flexibility index (Phi) is 4.14. The van der Waals surface area contributed by atoms with Gasteiger partial charge in [-0.3, -0.25) is 14.3 Å². The summed E-state index contributed by atoms with van der Waals surface area (Å²) >= 11 is 0. The third-order valence-corrected chi connectivity index (χ3v) is 4.42. The molecule has 20 heavy (non-hydrogen) atoms. The highest BCUT2D eigenvalue weighted by Gasteiger charge is 2.17. The standard InChI is InChI=1S/C14H14N2O3S/c1-10-5-4-8-13(14(10)15)20(19)9-11-6-2-3-7-12(11)16(17)18/h2-8H,9,15H2,1H3. The van der Waals surface area contributed by atoms with Crippen LogP contribution in [0.25, 0.3) is 0 Å². The Balaban J connectivity index is 2.33. The van der Waals surface area contributed by atoms with Gasteiger partial charge >= 0.3 is 0 Å². The van der Waals surface area contributed by atoms with Gasteiger partial charge in [-0.1, -0.05) is 30.3 Å². The fourth-order valence-electron chi connectivity index (χ4n) is 1.88. The first-order valence-electron chi connectivity index (χ1n) is 5.96. The Morgan fingerprint density at radius 3 is 2.60 bits per heavy atom. The molecule has 2 aromatic carbocycles. The van der Waals surface area contributed by atoms with Gasteiger partial charge in [0.25, 0.3) is 5.69 Å². The SMILES string of the molecule is Cc1cccc(S(=O)Cc2ccccc2[N+](=O)[O-])c1N. The number of rotatable bonds is 4. The number of anilines is 1. The average molecular weight is 290 g/mol. The molecule has 0 aliphatic carbocycles. The summed E-state index contributed by atoms with van der Waals surface area (Å²) in [5.74, 6) is 0.0742. The highest BCUT2D eigenvalue weighted by molar-refractivity contribution is 7.84. The summed E-state index contributed by atoms with van der Waals surface area (Å²) in [6.45, 7) is 1.83. The highest BCUT2D eigenvalue weighted by atomic mass is 32.2. The molecule has 5 nitrogen and oxygen atoms in total. The van der Waals surface area contributed by atoms with Gasteiger partial charge in [-0.2, -0.15) is 0 Å². The van der Waals surface area contributed by atoms with Crippen LogP contribution in [0.5, 0.6) is 0 Å². The molecule has 0 fully saturated rings. The first-order valence-corrected chi connectivity index (χ1v) is 7.28. The van der Waals surface area contributed by atoms with E-state index < -0.39 is 15.7 Å². The smallest absolute Gasteiger partial charge is 0.273 e. The molecule has 0 saturated carbocycles. The number of nitrogen functional groups attached to an aromatic ring is 1. The number of aryl methyl sites for hydroxylation is 1. The van der Waals surface area contributed by atoms with Crippen LogP contribution >= 0.6 is 0 Å². The summed E-state index contributed by atoms with van der Waals surface area (Å²) in [4.78, 5) is 11.0. The number of para-hydroxylation sites is 2. The number of hydrogen-bond acceptors (Lipinski definition) is 4. The number of nitro groups is 1. The van der Waals surface area contributed by atoms with Crippen molar-refractivity contribution in [2.45, 2.75) is 17.6 Å². The second-order valence-corrected chi connectivity index (χ2v) is 5.78. The average Bonchev–Trinajstić information content (AvgIpc) is 2.42. The summed E-state index contributed by atoms with van der Waals surface area (Å²) in [6, 6.07) is 11.6. The van der Waals surface area contributed by atoms with Crippen LogP contribution in [0.2, 0.25) is 0 Å². The first-order chi connectivity index (χ1) is 9.50. The van der Waals surface area contributed by atoms with Crippen LogP contribution in [0, 0.1) is 17.0 Å². The second-order valence-electron chi connectivity index (χ2n) is 4.36. The lowest BCUT2D eigenvalue weighted by Gasteiger charge is -2.08. The molecule has 0 amide bonds. The maximum atomic E-state index is 12.4. The molecule has 0 heterocycles. The molecule has 0 bridgehead atoms. The zero-order valence-electron chi connectivity index (χ0n) is 10.9. The Morgan fingerprint density at radius 1 is 1.20 bits per heavy atom. The Hall–Kier alpha value is -2.21. The van der Waals surface area contributed by atoms with E-state index in [-0.39, 0.29) is 11.4 Å². The van der Waals surface area contributed by atoms with Crippen molar-refractivity contribution < 1.29 is 9.13 Å². The van der Waals surface area contributed by atoms with E-state index in [1.54, 1.807) is 30.3 Å². The molecule has 0 spiro atoms. The summed E-state index contributed by atoms with van der Waals surface area (Å²) in [7, 11) is -1.41. The summed E-state index contributed by atoms with van der Waals surface area (Å²) in [5, 5.41) is 10.9. The van der Waals surface area contributed by atoms with Gasteiger partial charge in [0.15, 0.2) is 0 Å². The van der Waals surface area contributed by atoms with Gasteiger partial charge in [0, 0.05) is 11.6 Å². The summed E-state index contributed by atoms with van der Waals surface area (Å²) in [6.07, 6.45) is 0. The van der Waals surface area contributed by atoms with E-state index in [0.717, 1.165) is 5.56 Å². The summed E-state index contributed by atoms with van der Waals surface area (Å²) in [5.41, 5.74) is 7.65. The van der Waals surface area contributed by atoms with Gasteiger partial charge in [-0.15, -0.1) is 0 Å². The third kappa shape index (κ3) is 2.85. The van der Waals surface area contributed by atoms with Crippen molar-refractivity contribution in [1.82, 2.24) is 0 Å². The lowest BCUT2D eigenvalue weighted by Crippen LogP contribution is -2.04. The lowest BCUT2D eigenvalue weighted by atomic mass is 10.2. The third-order valence-electron chi connectivity index (χ3n) is 3.00. The number of benzene rings is 2. The van der Waals surface area contributed by atoms with Gasteiger partial charge < -0.3 is 5.73 Å². The fraction of sp³-hybridized carbons (Fsp3) is 0.143. The molecule has 6 heteroatoms. The van der Waals surface area contributed by atoms with Crippen molar-refractivity contribution in [2.75, 3.05) is 5.73 Å². The van der Waals surface area contributed by atoms with Gasteiger partial charge in [-0.25, -0.2) is 0 Å². The molecule has 2 aromatic rings. The lowest BCUT2D eigenvalue weighted by molar-refractivity contribution is -0.385. The van der Waals surface area contributed by atoms with E-state index in [0.29, 0.717) is 16.1 Å². The topological polar surface area (TPSA) is 86.2 Å². The zero-order chi connectivity index (χ0) is 14.7. The monoisotopic (exact) mass is 290 g/mol. The number of nitro benzene ring substituents is 1. The maximum Gasteiger partial charge on any atom is 0.273 e. The van der Waals surface area contributed by atoms with E-state index >= 15 is 0 Å². The number of nitrogens with two attached hydrogens (primary N) is 1. The highest BCUT2D eigenvalue weighted by Crippen LogP contribution is 2.25. The maximum absolute atomic E-state index is 12.4. The summed E-state index contributed by atoms with van der Waals surface area (Å²) < 4.78 is 12.4. The Labute approximate surface area is 119 Å². The Morgan fingerprint density at radius 2 is 1.90 bits per heavy atom. The van der Waals surface area contributed by atoms with Gasteiger partial charge in [-0.05, 0) is 18.6 Å². The van der Waals surface area contributed by atoms with Crippen molar-refractivity contribution in [1.29, 1.82) is 0 Å². The van der Waals surface area contributed by atoms with E-state index in [4.69, 9.17) is 5.73 Å². The largest absolute Gasteiger partial charge is 0.398 e. The number of hydrogen-bond donors (Lipinski definition) is 1. The normalized spacial score (nSPS) is 12.1. The molecule has 2 rings (SSSR count). The molecular weight excluding hydrogens is 276 g/mol. The molecule has 0 saturated heterocycles. The zero-order valence-corrected chi connectivity index (χ0v) is 11.7. The molecule has 0 aliphatic heterocycles. The molecule has 1 atom stereocenters. The van der Waals surface area contributed by atoms with Crippen molar-refractivity contribution in [3.8, 4) is 0 Å². The minimum atomic E-state index is -1.41. The Bertz CT molecular complexity index is 686. The van der Waals surface area contributed by atoms with Crippen molar-refractivity contribution in [3.05, 3.63) is 63.7 Å². The minimum Gasteiger partial charge on any atom is -0.398 e. The molecule has 1 unspecified atom stereocenters. The quantitative estimate of drug-likeness (QED) is 0.533. The minimum absolute atomic E-state index is 0.0212. The van der Waals surface area contributed by atoms with E-state index in [9.17, 15) is 14.3 Å². The molecular formula is C14H14N2O3S. The second kappa shape index (κ2) is 5.83. The fourth-order valence-corrected chi connectivity index (χ4v) is 3.20. The van der Waals surface area contributed by atoms with Crippen LogP contribution in [0.4, 0.5) is 11.4 Å². The first kappa shape index (κ1) is 14.2. The van der Waals surface area contributed by atoms with Crippen molar-refractivity contribution in [3.63, 3.8) is 0 Å². The van der Waals surface area contributed by atoms with E-state index in [1.807, 2.05) is 13.0 Å². The predicted octanol–water partition coefficient (Wildman–Crippen LogP) is 2.79. The predicted molar refractivity (Wildman–Crippen MR) is 78.8 cm³/mol. The van der Waals surface area contributed by atoms with Gasteiger partial charge in [0.05, 0.1) is 32.1 Å². The number of nitrogens with zero attached hydrogens (tertiary/aromatic N) is 1. The molecule has 104 valence electrons. The van der Waals surface area contributed by atoms with Gasteiger partial charge in [0.2, 0.25) is 0 Å². The van der Waals surface area contributed by atoms with Crippen molar-refractivity contribution in [2.24, 2.45) is 0 Å². The molecule has 2 N–H and O–H groups in total. The molecule has 0 aliphatic rings. The van der Waals surface area contributed by atoms with Crippen LogP contribution in [0.3, 0.4) is 0 Å². The van der Waals surface area contributed by atoms with Crippen LogP contribution in [0.15, 0.2) is 47.4 Å². The van der Waals surface area contributed by atoms with Gasteiger partial charge in [0.1, 0.15) is 0 Å². The van der Waals surface area contributed by atoms with Crippen LogP contribution in [-0.2, 0) is 16.6 Å². The van der Waals surface area contributed by atoms with E-state index in [1.165, 1.54) is 6.07 Å². The van der Waals surface area contributed by atoms with Crippen LogP contribution in [0.1, 0.15) is 11.1 Å². The molecule has 0 radical (unpaired) electrons. The molecule has 0 aromatic heterocycles. The van der Waals surface area contributed by atoms with Crippen LogP contribution < -0.4 is 5.73 Å². The van der Waals surface area contributed by atoms with Crippen LogP contribution in [-0.4, -0.2) is 9.13 Å².